The number of nitrogens with zero attached hydrogens (tertiary/aromatic N) is 1. The maximum Gasteiger partial charge on any atom is 0.310 e. The van der Waals surface area contributed by atoms with Crippen LogP contribution < -0.4 is 4.90 Å². The van der Waals surface area contributed by atoms with Crippen LogP contribution in [0.2, 0.25) is 0 Å². The Morgan fingerprint density at radius 3 is 2.19 bits per heavy atom. The number of esters is 1. The van der Waals surface area contributed by atoms with Crippen molar-refractivity contribution in [2.45, 2.75) is 40.2 Å². The highest BCUT2D eigenvalue weighted by Crippen LogP contribution is 2.43. The molecule has 1 N–H and O–H groups in total. The molecule has 3 rings (SSSR count). The number of aliphatic hydroxyl groups is 1. The summed E-state index contributed by atoms with van der Waals surface area (Å²) in [5.41, 5.74) is 1.32. The van der Waals surface area contributed by atoms with Crippen LogP contribution in [0.15, 0.2) is 65.9 Å². The highest BCUT2D eigenvalue weighted by atomic mass is 16.5. The first kappa shape index (κ1) is 22.3. The third-order valence-corrected chi connectivity index (χ3v) is 5.12. The molecular formula is C25H27NO5. The fourth-order valence-electron chi connectivity index (χ4n) is 3.61. The van der Waals surface area contributed by atoms with Gasteiger partial charge in [-0.15, -0.1) is 0 Å². The molecule has 0 bridgehead atoms. The molecule has 0 fully saturated rings. The van der Waals surface area contributed by atoms with E-state index in [0.29, 0.717) is 12.3 Å². The van der Waals surface area contributed by atoms with E-state index < -0.39 is 23.1 Å². The molecule has 1 amide bonds. The number of hydrogen-bond donors (Lipinski definition) is 1. The maximum atomic E-state index is 13.2. The first-order valence-corrected chi connectivity index (χ1v) is 10.3. The molecule has 2 aromatic carbocycles. The second-order valence-electron chi connectivity index (χ2n) is 8.48. The van der Waals surface area contributed by atoms with E-state index in [1.165, 1.54) is 4.90 Å². The highest BCUT2D eigenvalue weighted by Gasteiger charge is 2.46. The number of anilines is 1. The van der Waals surface area contributed by atoms with E-state index >= 15 is 0 Å². The van der Waals surface area contributed by atoms with Gasteiger partial charge in [0.1, 0.15) is 0 Å². The largest absolute Gasteiger partial charge is 0.503 e. The topological polar surface area (TPSA) is 83.9 Å². The van der Waals surface area contributed by atoms with Gasteiger partial charge in [-0.25, -0.2) is 0 Å². The first-order valence-electron chi connectivity index (χ1n) is 10.3. The second-order valence-corrected chi connectivity index (χ2v) is 8.48. The molecule has 0 saturated carbocycles. The van der Waals surface area contributed by atoms with Crippen molar-refractivity contribution in [1.82, 2.24) is 0 Å². The molecule has 0 saturated heterocycles. The molecule has 1 atom stereocenters. The fourth-order valence-corrected chi connectivity index (χ4v) is 3.61. The molecule has 1 unspecified atom stereocenters. The average molecular weight is 421 g/mol. The summed E-state index contributed by atoms with van der Waals surface area (Å²) < 4.78 is 4.97. The molecular weight excluding hydrogens is 394 g/mol. The van der Waals surface area contributed by atoms with Gasteiger partial charge in [0.05, 0.1) is 24.6 Å². The summed E-state index contributed by atoms with van der Waals surface area (Å²) in [6, 6.07) is 15.3. The Balaban J connectivity index is 2.02. The van der Waals surface area contributed by atoms with Crippen LogP contribution in [-0.2, 0) is 25.5 Å². The van der Waals surface area contributed by atoms with Crippen LogP contribution in [0.3, 0.4) is 0 Å². The Hall–Kier alpha value is -3.41. The summed E-state index contributed by atoms with van der Waals surface area (Å²) in [5.74, 6) is -1.76. The van der Waals surface area contributed by atoms with Gasteiger partial charge in [0.15, 0.2) is 11.5 Å². The van der Waals surface area contributed by atoms with E-state index in [1.807, 2.05) is 30.3 Å². The third-order valence-electron chi connectivity index (χ3n) is 5.12. The van der Waals surface area contributed by atoms with Crippen molar-refractivity contribution in [1.29, 1.82) is 0 Å². The van der Waals surface area contributed by atoms with Crippen molar-refractivity contribution in [2.75, 3.05) is 11.5 Å². The lowest BCUT2D eigenvalue weighted by molar-refractivity contribution is -0.142. The maximum absolute atomic E-state index is 13.2. The quantitative estimate of drug-likeness (QED) is 0.703. The summed E-state index contributed by atoms with van der Waals surface area (Å²) in [5, 5.41) is 10.7. The summed E-state index contributed by atoms with van der Waals surface area (Å²) >= 11 is 0. The SMILES string of the molecule is CCOC(=O)Cc1ccc(N2C(=O)C(O)=C(C(=O)C(C)(C)C)C2c2ccccc2)cc1. The molecule has 1 aliphatic rings. The van der Waals surface area contributed by atoms with E-state index in [9.17, 15) is 19.5 Å². The Morgan fingerprint density at radius 1 is 1.03 bits per heavy atom. The molecule has 31 heavy (non-hydrogen) atoms. The third kappa shape index (κ3) is 4.53. The molecule has 0 aliphatic carbocycles. The van der Waals surface area contributed by atoms with Gasteiger partial charge in [-0.1, -0.05) is 63.2 Å². The average Bonchev–Trinajstić information content (AvgIpc) is 2.99. The number of carbonyl (C=O) groups is 3. The van der Waals surface area contributed by atoms with Gasteiger partial charge in [-0.05, 0) is 30.2 Å². The molecule has 162 valence electrons. The smallest absolute Gasteiger partial charge is 0.310 e. The molecule has 1 heterocycles. The van der Waals surface area contributed by atoms with Crippen LogP contribution in [-0.4, -0.2) is 29.4 Å². The zero-order valence-corrected chi connectivity index (χ0v) is 18.2. The van der Waals surface area contributed by atoms with E-state index in [1.54, 1.807) is 52.0 Å². The van der Waals surface area contributed by atoms with Crippen molar-refractivity contribution in [3.05, 3.63) is 77.1 Å². The van der Waals surface area contributed by atoms with E-state index in [0.717, 1.165) is 11.1 Å². The highest BCUT2D eigenvalue weighted by molar-refractivity contribution is 6.17. The van der Waals surface area contributed by atoms with Gasteiger partial charge in [0.25, 0.3) is 5.91 Å². The van der Waals surface area contributed by atoms with Crippen molar-refractivity contribution in [2.24, 2.45) is 5.41 Å². The lowest BCUT2D eigenvalue weighted by atomic mass is 9.82. The van der Waals surface area contributed by atoms with Crippen LogP contribution in [0.5, 0.6) is 0 Å². The number of amides is 1. The molecule has 0 radical (unpaired) electrons. The monoisotopic (exact) mass is 421 g/mol. The summed E-state index contributed by atoms with van der Waals surface area (Å²) in [6.45, 7) is 7.34. The standard InChI is InChI=1S/C25H27NO5/c1-5-31-19(27)15-16-11-13-18(14-12-16)26-21(17-9-7-6-8-10-17)20(22(28)24(26)30)23(29)25(2,3)4/h6-14,21,28H,5,15H2,1-4H3. The second kappa shape index (κ2) is 8.76. The molecule has 2 aromatic rings. The van der Waals surface area contributed by atoms with Gasteiger partial charge in [-0.2, -0.15) is 0 Å². The molecule has 0 spiro atoms. The zero-order valence-electron chi connectivity index (χ0n) is 18.2. The van der Waals surface area contributed by atoms with Gasteiger partial charge < -0.3 is 9.84 Å². The number of hydrogen-bond acceptors (Lipinski definition) is 5. The number of aliphatic hydroxyl groups excluding tert-OH is 1. The Kier molecular flexibility index (Phi) is 6.29. The molecule has 6 nitrogen and oxygen atoms in total. The predicted molar refractivity (Wildman–Crippen MR) is 118 cm³/mol. The Bertz CT molecular complexity index is 1020. The van der Waals surface area contributed by atoms with Gasteiger partial charge in [0.2, 0.25) is 0 Å². The lowest BCUT2D eigenvalue weighted by Gasteiger charge is -2.29. The van der Waals surface area contributed by atoms with Crippen LogP contribution in [0.4, 0.5) is 5.69 Å². The van der Waals surface area contributed by atoms with E-state index in [-0.39, 0.29) is 23.7 Å². The number of Topliss-reactive ketones (excluding diaryl/α,β-unsaturated/α-hetero) is 1. The predicted octanol–water partition coefficient (Wildman–Crippen LogP) is 4.31. The van der Waals surface area contributed by atoms with E-state index in [4.69, 9.17) is 4.74 Å². The minimum absolute atomic E-state index is 0.0966. The van der Waals surface area contributed by atoms with Crippen LogP contribution >= 0.6 is 0 Å². The number of ketones is 1. The minimum atomic E-state index is -0.768. The Labute approximate surface area is 182 Å². The lowest BCUT2D eigenvalue weighted by Crippen LogP contribution is -2.32. The van der Waals surface area contributed by atoms with Crippen molar-refractivity contribution < 1.29 is 24.2 Å². The van der Waals surface area contributed by atoms with Crippen LogP contribution in [0.1, 0.15) is 44.9 Å². The van der Waals surface area contributed by atoms with Crippen molar-refractivity contribution in [3.63, 3.8) is 0 Å². The molecule has 6 heteroatoms. The summed E-state index contributed by atoms with van der Waals surface area (Å²) in [4.78, 5) is 39.4. The zero-order chi connectivity index (χ0) is 22.8. The number of ether oxygens (including phenoxy) is 1. The number of benzene rings is 2. The molecule has 0 aromatic heterocycles. The molecule has 1 aliphatic heterocycles. The minimum Gasteiger partial charge on any atom is -0.503 e. The Morgan fingerprint density at radius 2 is 1.65 bits per heavy atom. The number of carbonyl (C=O) groups excluding carboxylic acids is 3. The van der Waals surface area contributed by atoms with Gasteiger partial charge >= 0.3 is 5.97 Å². The van der Waals surface area contributed by atoms with Crippen molar-refractivity contribution in [3.8, 4) is 0 Å². The van der Waals surface area contributed by atoms with Gasteiger partial charge in [0, 0.05) is 11.1 Å². The van der Waals surface area contributed by atoms with E-state index in [2.05, 4.69) is 0 Å². The summed E-state index contributed by atoms with van der Waals surface area (Å²) in [7, 11) is 0. The van der Waals surface area contributed by atoms with Crippen LogP contribution in [0.25, 0.3) is 0 Å². The van der Waals surface area contributed by atoms with Crippen LogP contribution in [0, 0.1) is 5.41 Å². The fraction of sp³-hybridized carbons (Fsp3) is 0.320. The van der Waals surface area contributed by atoms with Gasteiger partial charge in [-0.3, -0.25) is 19.3 Å². The van der Waals surface area contributed by atoms with Crippen molar-refractivity contribution >= 4 is 23.3 Å². The number of rotatable bonds is 6. The summed E-state index contributed by atoms with van der Waals surface area (Å²) in [6.07, 6.45) is 0.126. The first-order chi connectivity index (χ1) is 14.6. The normalized spacial score (nSPS) is 16.6.